The van der Waals surface area contributed by atoms with Gasteiger partial charge in [0.1, 0.15) is 0 Å². The third-order valence-corrected chi connectivity index (χ3v) is 2.87. The van der Waals surface area contributed by atoms with Gasteiger partial charge in [0.15, 0.2) is 0 Å². The highest BCUT2D eigenvalue weighted by Crippen LogP contribution is 2.26. The molecule has 0 radical (unpaired) electrons. The molecule has 2 aromatic rings. The van der Waals surface area contributed by atoms with Crippen LogP contribution < -0.4 is 17.0 Å². The van der Waals surface area contributed by atoms with Crippen LogP contribution in [-0.2, 0) is 0 Å². The fourth-order valence-electron chi connectivity index (χ4n) is 1.97. The van der Waals surface area contributed by atoms with Gasteiger partial charge >= 0.3 is 0 Å². The highest BCUT2D eigenvalue weighted by molar-refractivity contribution is 6.01. The number of benzene rings is 1. The number of rotatable bonds is 2. The van der Waals surface area contributed by atoms with Crippen LogP contribution in [0, 0.1) is 13.8 Å². The first-order valence-corrected chi connectivity index (χ1v) is 5.75. The van der Waals surface area contributed by atoms with Gasteiger partial charge in [-0.25, -0.2) is 15.8 Å². The Balaban J connectivity index is 2.75. The van der Waals surface area contributed by atoms with E-state index in [0.717, 1.165) is 11.1 Å². The molecule has 1 heterocycles. The van der Waals surface area contributed by atoms with Gasteiger partial charge in [-0.2, -0.15) is 0 Å². The summed E-state index contributed by atoms with van der Waals surface area (Å²) in [5, 5.41) is 0. The van der Waals surface area contributed by atoms with Gasteiger partial charge in [0.2, 0.25) is 5.95 Å². The van der Waals surface area contributed by atoms with Crippen molar-refractivity contribution in [3.8, 4) is 11.3 Å². The highest BCUT2D eigenvalue weighted by Gasteiger charge is 2.19. The quantitative estimate of drug-likeness (QED) is 0.422. The predicted octanol–water partition coefficient (Wildman–Crippen LogP) is 0.946. The Morgan fingerprint density at radius 3 is 2.53 bits per heavy atom. The lowest BCUT2D eigenvalue weighted by atomic mass is 10.00. The van der Waals surface area contributed by atoms with Crippen molar-refractivity contribution in [2.45, 2.75) is 13.8 Å². The number of nitrogens with one attached hydrogen (secondary N) is 1. The van der Waals surface area contributed by atoms with Crippen molar-refractivity contribution in [3.05, 3.63) is 41.1 Å². The van der Waals surface area contributed by atoms with Crippen LogP contribution in [0.4, 0.5) is 5.95 Å². The van der Waals surface area contributed by atoms with Crippen LogP contribution >= 0.6 is 0 Å². The summed E-state index contributed by atoms with van der Waals surface area (Å²) in [6.45, 7) is 3.64. The van der Waals surface area contributed by atoms with Crippen molar-refractivity contribution in [1.29, 1.82) is 0 Å². The Labute approximate surface area is 110 Å². The molecule has 98 valence electrons. The van der Waals surface area contributed by atoms with E-state index in [1.54, 1.807) is 6.92 Å². The molecule has 0 spiro atoms. The summed E-state index contributed by atoms with van der Waals surface area (Å²) in [6.07, 6.45) is 0. The normalized spacial score (nSPS) is 10.3. The van der Waals surface area contributed by atoms with E-state index >= 15 is 0 Å². The smallest absolute Gasteiger partial charge is 0.269 e. The van der Waals surface area contributed by atoms with Crippen molar-refractivity contribution in [1.82, 2.24) is 15.4 Å². The minimum Gasteiger partial charge on any atom is -0.368 e. The van der Waals surface area contributed by atoms with E-state index in [2.05, 4.69) is 15.4 Å². The maximum absolute atomic E-state index is 11.9. The van der Waals surface area contributed by atoms with Gasteiger partial charge in [-0.15, -0.1) is 0 Å². The Morgan fingerprint density at radius 1 is 1.21 bits per heavy atom. The number of anilines is 1. The summed E-state index contributed by atoms with van der Waals surface area (Å²) < 4.78 is 0. The second kappa shape index (κ2) is 5.03. The summed E-state index contributed by atoms with van der Waals surface area (Å²) in [6, 6.07) is 7.61. The fourth-order valence-corrected chi connectivity index (χ4v) is 1.97. The molecule has 0 aliphatic carbocycles. The maximum Gasteiger partial charge on any atom is 0.269 e. The number of hydrogen-bond acceptors (Lipinski definition) is 5. The lowest BCUT2D eigenvalue weighted by molar-refractivity contribution is 0.0953. The third-order valence-electron chi connectivity index (χ3n) is 2.87. The van der Waals surface area contributed by atoms with Gasteiger partial charge in [-0.3, -0.25) is 10.2 Å². The second-order valence-corrected chi connectivity index (χ2v) is 4.18. The summed E-state index contributed by atoms with van der Waals surface area (Å²) in [7, 11) is 0. The molecule has 0 atom stereocenters. The van der Waals surface area contributed by atoms with Crippen molar-refractivity contribution < 1.29 is 4.79 Å². The molecule has 19 heavy (non-hydrogen) atoms. The number of aromatic nitrogens is 2. The fraction of sp³-hybridized carbons (Fsp3) is 0.154. The minimum atomic E-state index is -0.434. The summed E-state index contributed by atoms with van der Waals surface area (Å²) in [5.41, 5.74) is 10.9. The number of hydrazine groups is 1. The van der Waals surface area contributed by atoms with Gasteiger partial charge < -0.3 is 5.73 Å². The van der Waals surface area contributed by atoms with Gasteiger partial charge in [0, 0.05) is 5.56 Å². The number of aryl methyl sites for hydroxylation is 2. The van der Waals surface area contributed by atoms with Crippen LogP contribution in [0.15, 0.2) is 24.3 Å². The number of carbonyl (C=O) groups is 1. The number of nitrogens with zero attached hydrogens (tertiary/aromatic N) is 2. The molecule has 6 nitrogen and oxygen atoms in total. The molecule has 0 unspecified atom stereocenters. The van der Waals surface area contributed by atoms with E-state index < -0.39 is 5.91 Å². The number of hydrogen-bond donors (Lipinski definition) is 3. The van der Waals surface area contributed by atoms with Crippen molar-refractivity contribution in [2.75, 3.05) is 5.73 Å². The van der Waals surface area contributed by atoms with E-state index in [1.165, 1.54) is 0 Å². The van der Waals surface area contributed by atoms with Crippen LogP contribution in [0.5, 0.6) is 0 Å². The van der Waals surface area contributed by atoms with Gasteiger partial charge in [-0.05, 0) is 19.4 Å². The van der Waals surface area contributed by atoms with Crippen LogP contribution in [-0.4, -0.2) is 15.9 Å². The van der Waals surface area contributed by atoms with E-state index in [0.29, 0.717) is 17.0 Å². The molecule has 2 rings (SSSR count). The Hall–Kier alpha value is -2.47. The molecule has 0 fully saturated rings. The summed E-state index contributed by atoms with van der Waals surface area (Å²) in [5.74, 6) is 4.90. The molecule has 0 aliphatic rings. The zero-order valence-electron chi connectivity index (χ0n) is 10.8. The molecule has 0 bridgehead atoms. The number of nitrogen functional groups attached to an aromatic ring is 2. The Kier molecular flexibility index (Phi) is 3.43. The van der Waals surface area contributed by atoms with Crippen LogP contribution in [0.3, 0.4) is 0 Å². The lowest BCUT2D eigenvalue weighted by Crippen LogP contribution is -2.31. The standard InChI is InChI=1S/C13H15N5O/c1-7-5-3-4-6-9(7)11-10(12(19)18-15)8(2)16-13(14)17-11/h3-6H,15H2,1-2H3,(H,18,19)(H2,14,16,17). The number of carbonyl (C=O) groups excluding carboxylic acids is 1. The molecule has 1 aromatic carbocycles. The highest BCUT2D eigenvalue weighted by atomic mass is 16.2. The van der Waals surface area contributed by atoms with Crippen LogP contribution in [0.25, 0.3) is 11.3 Å². The zero-order chi connectivity index (χ0) is 14.0. The van der Waals surface area contributed by atoms with Crippen LogP contribution in [0.1, 0.15) is 21.6 Å². The zero-order valence-corrected chi connectivity index (χ0v) is 10.8. The minimum absolute atomic E-state index is 0.129. The second-order valence-electron chi connectivity index (χ2n) is 4.18. The molecule has 1 amide bonds. The third kappa shape index (κ3) is 2.38. The summed E-state index contributed by atoms with van der Waals surface area (Å²) >= 11 is 0. The molecule has 6 heteroatoms. The van der Waals surface area contributed by atoms with Crippen molar-refractivity contribution in [3.63, 3.8) is 0 Å². The first-order chi connectivity index (χ1) is 9.04. The lowest BCUT2D eigenvalue weighted by Gasteiger charge is -2.12. The largest absolute Gasteiger partial charge is 0.368 e. The maximum atomic E-state index is 11.9. The number of nitrogens with two attached hydrogens (primary N) is 2. The van der Waals surface area contributed by atoms with Crippen molar-refractivity contribution >= 4 is 11.9 Å². The van der Waals surface area contributed by atoms with E-state index in [-0.39, 0.29) is 5.95 Å². The van der Waals surface area contributed by atoms with E-state index in [1.807, 2.05) is 31.2 Å². The van der Waals surface area contributed by atoms with Gasteiger partial charge in [-0.1, -0.05) is 24.3 Å². The Bertz CT molecular complexity index is 639. The number of amides is 1. The summed E-state index contributed by atoms with van der Waals surface area (Å²) in [4.78, 5) is 20.1. The molecular weight excluding hydrogens is 242 g/mol. The average molecular weight is 257 g/mol. The molecule has 0 aliphatic heterocycles. The van der Waals surface area contributed by atoms with Gasteiger partial charge in [0.25, 0.3) is 5.91 Å². The molecular formula is C13H15N5O. The monoisotopic (exact) mass is 257 g/mol. The van der Waals surface area contributed by atoms with Crippen LogP contribution in [0.2, 0.25) is 0 Å². The molecule has 0 saturated heterocycles. The SMILES string of the molecule is Cc1ccccc1-c1nc(N)nc(C)c1C(=O)NN. The first kappa shape index (κ1) is 13.0. The van der Waals surface area contributed by atoms with E-state index in [4.69, 9.17) is 11.6 Å². The molecule has 5 N–H and O–H groups in total. The average Bonchev–Trinajstić information content (AvgIpc) is 2.37. The predicted molar refractivity (Wildman–Crippen MR) is 73.0 cm³/mol. The van der Waals surface area contributed by atoms with Gasteiger partial charge in [0.05, 0.1) is 17.0 Å². The van der Waals surface area contributed by atoms with Crippen molar-refractivity contribution in [2.24, 2.45) is 5.84 Å². The molecule has 0 saturated carbocycles. The first-order valence-electron chi connectivity index (χ1n) is 5.75. The van der Waals surface area contributed by atoms with E-state index in [9.17, 15) is 4.79 Å². The molecule has 1 aromatic heterocycles. The Morgan fingerprint density at radius 2 is 1.89 bits per heavy atom. The topological polar surface area (TPSA) is 107 Å².